The van der Waals surface area contributed by atoms with E-state index in [4.69, 9.17) is 15.2 Å². The molecule has 3 nitrogen and oxygen atoms in total. The average molecular weight is 159 g/mol. The normalized spacial score (nSPS) is 27.3. The fourth-order valence-corrected chi connectivity index (χ4v) is 1.16. The topological polar surface area (TPSA) is 44.5 Å². The second kappa shape index (κ2) is 4.70. The summed E-state index contributed by atoms with van der Waals surface area (Å²) in [4.78, 5) is 0. The first-order valence-corrected chi connectivity index (χ1v) is 4.24. The van der Waals surface area contributed by atoms with Gasteiger partial charge in [-0.05, 0) is 19.8 Å². The first kappa shape index (κ1) is 8.97. The van der Waals surface area contributed by atoms with E-state index in [0.29, 0.717) is 19.3 Å². The largest absolute Gasteiger partial charge is 0.377 e. The Bertz CT molecular complexity index is 100. The van der Waals surface area contributed by atoms with E-state index in [1.54, 1.807) is 0 Å². The summed E-state index contributed by atoms with van der Waals surface area (Å²) < 4.78 is 10.7. The van der Waals surface area contributed by atoms with Crippen molar-refractivity contribution < 1.29 is 9.47 Å². The van der Waals surface area contributed by atoms with Gasteiger partial charge >= 0.3 is 0 Å². The standard InChI is InChI=1S/C8H17NO2/c1-7(9)5-10-6-8-3-2-4-11-8/h7-8H,2-6,9H2,1H3/t7-,8+/m1/s1. The molecule has 0 unspecified atom stereocenters. The Hall–Kier alpha value is -0.120. The molecule has 0 radical (unpaired) electrons. The van der Waals surface area contributed by atoms with E-state index < -0.39 is 0 Å². The summed E-state index contributed by atoms with van der Waals surface area (Å²) >= 11 is 0. The van der Waals surface area contributed by atoms with Crippen LogP contribution >= 0.6 is 0 Å². The molecule has 11 heavy (non-hydrogen) atoms. The van der Waals surface area contributed by atoms with E-state index in [2.05, 4.69) is 0 Å². The van der Waals surface area contributed by atoms with Gasteiger partial charge < -0.3 is 15.2 Å². The smallest absolute Gasteiger partial charge is 0.0809 e. The van der Waals surface area contributed by atoms with Crippen LogP contribution in [0.15, 0.2) is 0 Å². The molecule has 2 N–H and O–H groups in total. The molecule has 0 saturated carbocycles. The molecule has 0 aliphatic carbocycles. The Balaban J connectivity index is 1.94. The SMILES string of the molecule is C[C@@H](N)COC[C@@H]1CCCO1. The first-order valence-electron chi connectivity index (χ1n) is 4.24. The molecular formula is C8H17NO2. The quantitative estimate of drug-likeness (QED) is 0.650. The van der Waals surface area contributed by atoms with E-state index in [9.17, 15) is 0 Å². The molecule has 2 atom stereocenters. The highest BCUT2D eigenvalue weighted by molar-refractivity contribution is 4.63. The highest BCUT2D eigenvalue weighted by atomic mass is 16.5. The fraction of sp³-hybridized carbons (Fsp3) is 1.00. The lowest BCUT2D eigenvalue weighted by Crippen LogP contribution is -2.25. The molecule has 0 aromatic rings. The monoisotopic (exact) mass is 159 g/mol. The average Bonchev–Trinajstić information content (AvgIpc) is 2.39. The van der Waals surface area contributed by atoms with Crippen molar-refractivity contribution in [3.8, 4) is 0 Å². The Morgan fingerprint density at radius 3 is 3.09 bits per heavy atom. The van der Waals surface area contributed by atoms with E-state index >= 15 is 0 Å². The molecule has 3 heteroatoms. The second-order valence-corrected chi connectivity index (χ2v) is 3.15. The zero-order valence-corrected chi connectivity index (χ0v) is 7.08. The van der Waals surface area contributed by atoms with Crippen LogP contribution < -0.4 is 5.73 Å². The lowest BCUT2D eigenvalue weighted by Gasteiger charge is -2.11. The van der Waals surface area contributed by atoms with Crippen molar-refractivity contribution in [1.29, 1.82) is 0 Å². The summed E-state index contributed by atoms with van der Waals surface area (Å²) in [6, 6.07) is 0.136. The third kappa shape index (κ3) is 3.70. The molecule has 1 aliphatic rings. The van der Waals surface area contributed by atoms with Gasteiger partial charge in [0.1, 0.15) is 0 Å². The van der Waals surface area contributed by atoms with Gasteiger partial charge in [-0.1, -0.05) is 0 Å². The molecule has 1 saturated heterocycles. The molecule has 1 rings (SSSR count). The van der Waals surface area contributed by atoms with Gasteiger partial charge in [0.2, 0.25) is 0 Å². The zero-order valence-electron chi connectivity index (χ0n) is 7.08. The Morgan fingerprint density at radius 1 is 1.73 bits per heavy atom. The van der Waals surface area contributed by atoms with Crippen molar-refractivity contribution in [3.05, 3.63) is 0 Å². The maximum absolute atomic E-state index is 5.51. The highest BCUT2D eigenvalue weighted by Gasteiger charge is 2.15. The summed E-state index contributed by atoms with van der Waals surface area (Å²) in [5.74, 6) is 0. The second-order valence-electron chi connectivity index (χ2n) is 3.15. The summed E-state index contributed by atoms with van der Waals surface area (Å²) in [6.45, 7) is 4.18. The lowest BCUT2D eigenvalue weighted by molar-refractivity contribution is 0.0142. The lowest BCUT2D eigenvalue weighted by atomic mass is 10.2. The van der Waals surface area contributed by atoms with Crippen LogP contribution in [0.4, 0.5) is 0 Å². The molecule has 0 aromatic heterocycles. The predicted molar refractivity (Wildman–Crippen MR) is 43.4 cm³/mol. The van der Waals surface area contributed by atoms with E-state index in [1.165, 1.54) is 6.42 Å². The van der Waals surface area contributed by atoms with Crippen LogP contribution in [0.1, 0.15) is 19.8 Å². The van der Waals surface area contributed by atoms with Crippen molar-refractivity contribution in [2.75, 3.05) is 19.8 Å². The van der Waals surface area contributed by atoms with Gasteiger partial charge in [-0.25, -0.2) is 0 Å². The Kier molecular flexibility index (Phi) is 3.83. The van der Waals surface area contributed by atoms with Crippen molar-refractivity contribution in [2.24, 2.45) is 5.73 Å². The van der Waals surface area contributed by atoms with Crippen molar-refractivity contribution in [3.63, 3.8) is 0 Å². The van der Waals surface area contributed by atoms with Gasteiger partial charge in [0, 0.05) is 12.6 Å². The number of hydrogen-bond donors (Lipinski definition) is 1. The highest BCUT2D eigenvalue weighted by Crippen LogP contribution is 2.11. The van der Waals surface area contributed by atoms with Gasteiger partial charge in [-0.15, -0.1) is 0 Å². The van der Waals surface area contributed by atoms with Crippen LogP contribution in [0, 0.1) is 0 Å². The fourth-order valence-electron chi connectivity index (χ4n) is 1.16. The minimum atomic E-state index is 0.136. The molecule has 0 aromatic carbocycles. The van der Waals surface area contributed by atoms with Gasteiger partial charge in [0.25, 0.3) is 0 Å². The molecular weight excluding hydrogens is 142 g/mol. The van der Waals surface area contributed by atoms with E-state index in [1.807, 2.05) is 6.92 Å². The Labute approximate surface area is 67.9 Å². The van der Waals surface area contributed by atoms with Crippen LogP contribution in [0.5, 0.6) is 0 Å². The zero-order chi connectivity index (χ0) is 8.10. The van der Waals surface area contributed by atoms with Crippen molar-refractivity contribution in [1.82, 2.24) is 0 Å². The van der Waals surface area contributed by atoms with Crippen LogP contribution in [-0.2, 0) is 9.47 Å². The van der Waals surface area contributed by atoms with E-state index in [0.717, 1.165) is 13.0 Å². The molecule has 1 fully saturated rings. The maximum Gasteiger partial charge on any atom is 0.0809 e. The summed E-state index contributed by atoms with van der Waals surface area (Å²) in [5.41, 5.74) is 5.51. The third-order valence-electron chi connectivity index (χ3n) is 1.71. The van der Waals surface area contributed by atoms with Crippen LogP contribution in [0.25, 0.3) is 0 Å². The first-order chi connectivity index (χ1) is 5.29. The van der Waals surface area contributed by atoms with Gasteiger partial charge in [-0.3, -0.25) is 0 Å². The van der Waals surface area contributed by atoms with Crippen LogP contribution in [0.3, 0.4) is 0 Å². The van der Waals surface area contributed by atoms with Crippen LogP contribution in [-0.4, -0.2) is 32.0 Å². The maximum atomic E-state index is 5.51. The minimum Gasteiger partial charge on any atom is -0.377 e. The molecule has 0 bridgehead atoms. The Morgan fingerprint density at radius 2 is 2.55 bits per heavy atom. The molecule has 66 valence electrons. The summed E-state index contributed by atoms with van der Waals surface area (Å²) in [7, 11) is 0. The van der Waals surface area contributed by atoms with Gasteiger partial charge in [0.05, 0.1) is 19.3 Å². The predicted octanol–water partition coefficient (Wildman–Crippen LogP) is 0.529. The number of rotatable bonds is 4. The molecule has 1 aliphatic heterocycles. The van der Waals surface area contributed by atoms with Gasteiger partial charge in [0.15, 0.2) is 0 Å². The molecule has 1 heterocycles. The number of ether oxygens (including phenoxy) is 2. The van der Waals surface area contributed by atoms with Crippen LogP contribution in [0.2, 0.25) is 0 Å². The molecule has 0 spiro atoms. The van der Waals surface area contributed by atoms with Crippen molar-refractivity contribution in [2.45, 2.75) is 31.9 Å². The number of nitrogens with two attached hydrogens (primary N) is 1. The summed E-state index contributed by atoms with van der Waals surface area (Å²) in [6.07, 6.45) is 2.64. The number of hydrogen-bond acceptors (Lipinski definition) is 3. The summed E-state index contributed by atoms with van der Waals surface area (Å²) in [5, 5.41) is 0. The van der Waals surface area contributed by atoms with Crippen molar-refractivity contribution >= 4 is 0 Å². The minimum absolute atomic E-state index is 0.136. The third-order valence-corrected chi connectivity index (χ3v) is 1.71. The molecule has 0 amide bonds. The van der Waals surface area contributed by atoms with Gasteiger partial charge in [-0.2, -0.15) is 0 Å². The van der Waals surface area contributed by atoms with E-state index in [-0.39, 0.29) is 6.04 Å².